The van der Waals surface area contributed by atoms with Crippen LogP contribution in [0.2, 0.25) is 0 Å². The van der Waals surface area contributed by atoms with Gasteiger partial charge in [-0.2, -0.15) is 0 Å². The molecule has 0 unspecified atom stereocenters. The van der Waals surface area contributed by atoms with E-state index >= 15 is 0 Å². The number of alkyl halides is 2. The molecular weight excluding hydrogens is 418 g/mol. The maximum atomic E-state index is 13.2. The second-order valence-corrected chi connectivity index (χ2v) is 10.3. The van der Waals surface area contributed by atoms with Crippen LogP contribution >= 0.6 is 0 Å². The number of benzene rings is 1. The van der Waals surface area contributed by atoms with Crippen LogP contribution in [0.15, 0.2) is 24.3 Å². The van der Waals surface area contributed by atoms with E-state index in [0.29, 0.717) is 32.1 Å². The van der Waals surface area contributed by atoms with Gasteiger partial charge >= 0.3 is 6.03 Å². The quantitative estimate of drug-likeness (QED) is 0.755. The van der Waals surface area contributed by atoms with Crippen LogP contribution in [-0.4, -0.2) is 85.7 Å². The Morgan fingerprint density at radius 2 is 1.78 bits per heavy atom. The van der Waals surface area contributed by atoms with Gasteiger partial charge in [-0.25, -0.2) is 13.6 Å². The number of anilines is 1. The summed E-state index contributed by atoms with van der Waals surface area (Å²) in [7, 11) is 0. The van der Waals surface area contributed by atoms with Gasteiger partial charge in [0.15, 0.2) is 0 Å². The fourth-order valence-electron chi connectivity index (χ4n) is 6.09. The fraction of sp³-hybridized carbons (Fsp3) is 0.652. The van der Waals surface area contributed by atoms with Gasteiger partial charge in [-0.1, -0.05) is 12.1 Å². The van der Waals surface area contributed by atoms with Gasteiger partial charge in [0, 0.05) is 69.1 Å². The number of ether oxygens (including phenoxy) is 1. The molecule has 3 amide bonds. The van der Waals surface area contributed by atoms with Crippen molar-refractivity contribution in [2.45, 2.75) is 43.2 Å². The molecular formula is C23H28F2N4O3. The van der Waals surface area contributed by atoms with Gasteiger partial charge in [-0.05, 0) is 24.1 Å². The molecule has 1 aliphatic carbocycles. The highest BCUT2D eigenvalue weighted by Gasteiger charge is 2.61. The van der Waals surface area contributed by atoms with E-state index in [-0.39, 0.29) is 48.9 Å². The first-order chi connectivity index (χ1) is 15.3. The molecule has 1 spiro atoms. The smallest absolute Gasteiger partial charge is 0.320 e. The Labute approximate surface area is 185 Å². The summed E-state index contributed by atoms with van der Waals surface area (Å²) in [4.78, 5) is 30.3. The first-order valence-electron chi connectivity index (χ1n) is 11.5. The average molecular weight is 446 g/mol. The highest BCUT2D eigenvalue weighted by molar-refractivity contribution is 5.79. The second-order valence-electron chi connectivity index (χ2n) is 10.3. The molecule has 0 aromatic heterocycles. The van der Waals surface area contributed by atoms with Crippen molar-refractivity contribution < 1.29 is 23.1 Å². The Morgan fingerprint density at radius 1 is 1.06 bits per heavy atom. The molecule has 7 nitrogen and oxygen atoms in total. The molecule has 1 N–H and O–H groups in total. The zero-order valence-corrected chi connectivity index (χ0v) is 17.9. The highest BCUT2D eigenvalue weighted by Crippen LogP contribution is 2.57. The number of likely N-dealkylation sites (tertiary alicyclic amines) is 2. The number of fused-ring (bicyclic) bond motifs is 1. The standard InChI is InChI=1S/C23H28F2N4O3/c24-23(25)11-22(12-23)13-29(14-22)17-3-1-15(2-4-17)16-7-28(8-16)21(31)27-6-5-19-18(9-27)26-20(30)10-32-19/h1-4,16,18-19H,5-14H2,(H,26,30)/t18-,19+/m1/s1. The zero-order chi connectivity index (χ0) is 22.1. The van der Waals surface area contributed by atoms with E-state index in [1.807, 2.05) is 9.80 Å². The molecule has 0 radical (unpaired) electrons. The summed E-state index contributed by atoms with van der Waals surface area (Å²) in [5, 5.41) is 2.94. The number of morpholine rings is 1. The van der Waals surface area contributed by atoms with Crippen molar-refractivity contribution in [3.8, 4) is 0 Å². The van der Waals surface area contributed by atoms with Crippen LogP contribution in [0.5, 0.6) is 0 Å². The third kappa shape index (κ3) is 3.41. The molecule has 1 saturated carbocycles. The van der Waals surface area contributed by atoms with Gasteiger partial charge in [-0.3, -0.25) is 4.79 Å². The number of carbonyl (C=O) groups excluding carboxylic acids is 2. The van der Waals surface area contributed by atoms with E-state index in [0.717, 1.165) is 25.2 Å². The van der Waals surface area contributed by atoms with Gasteiger partial charge in [0.25, 0.3) is 0 Å². The number of nitrogens with one attached hydrogen (secondary N) is 1. The summed E-state index contributed by atoms with van der Waals surface area (Å²) in [6.07, 6.45) is 0.795. The summed E-state index contributed by atoms with van der Waals surface area (Å²) in [5.41, 5.74) is 2.12. The van der Waals surface area contributed by atoms with E-state index < -0.39 is 5.92 Å². The van der Waals surface area contributed by atoms with Crippen molar-refractivity contribution in [1.29, 1.82) is 0 Å². The molecule has 32 heavy (non-hydrogen) atoms. The Balaban J connectivity index is 0.992. The molecule has 5 aliphatic rings. The van der Waals surface area contributed by atoms with Crippen LogP contribution < -0.4 is 10.2 Å². The van der Waals surface area contributed by atoms with Crippen LogP contribution in [0, 0.1) is 5.41 Å². The first kappa shape index (κ1) is 20.2. The van der Waals surface area contributed by atoms with Crippen LogP contribution in [0.1, 0.15) is 30.7 Å². The van der Waals surface area contributed by atoms with Crippen molar-refractivity contribution in [2.24, 2.45) is 5.41 Å². The van der Waals surface area contributed by atoms with Crippen LogP contribution in [0.3, 0.4) is 0 Å². The minimum atomic E-state index is -2.46. The largest absolute Gasteiger partial charge is 0.370 e. The molecule has 1 aromatic rings. The van der Waals surface area contributed by atoms with Gasteiger partial charge in [0.2, 0.25) is 11.8 Å². The number of piperidine rings is 1. The van der Waals surface area contributed by atoms with E-state index in [4.69, 9.17) is 4.74 Å². The number of halogens is 2. The summed E-state index contributed by atoms with van der Waals surface area (Å²) >= 11 is 0. The normalized spacial score (nSPS) is 30.7. The SMILES string of the molecule is O=C1CO[C@H]2CCN(C(=O)N3CC(c4ccc(N5CC6(C5)CC(F)(F)C6)cc4)C3)C[C@H]2N1. The number of rotatable bonds is 2. The molecule has 0 bridgehead atoms. The van der Waals surface area contributed by atoms with E-state index in [1.54, 1.807) is 0 Å². The Kier molecular flexibility index (Phi) is 4.44. The van der Waals surface area contributed by atoms with E-state index in [9.17, 15) is 18.4 Å². The predicted molar refractivity (Wildman–Crippen MR) is 113 cm³/mol. The lowest BCUT2D eigenvalue weighted by Crippen LogP contribution is -2.66. The number of amides is 3. The Bertz CT molecular complexity index is 918. The fourth-order valence-corrected chi connectivity index (χ4v) is 6.09. The monoisotopic (exact) mass is 446 g/mol. The minimum Gasteiger partial charge on any atom is -0.370 e. The van der Waals surface area contributed by atoms with Crippen LogP contribution in [0.4, 0.5) is 19.3 Å². The van der Waals surface area contributed by atoms with Crippen LogP contribution in [0.25, 0.3) is 0 Å². The Morgan fingerprint density at radius 3 is 2.47 bits per heavy atom. The molecule has 172 valence electrons. The summed E-state index contributed by atoms with van der Waals surface area (Å²) in [6.45, 7) is 4.06. The van der Waals surface area contributed by atoms with E-state index in [2.05, 4.69) is 34.5 Å². The highest BCUT2D eigenvalue weighted by atomic mass is 19.3. The molecule has 2 atom stereocenters. The van der Waals surface area contributed by atoms with Crippen molar-refractivity contribution >= 4 is 17.6 Å². The summed E-state index contributed by atoms with van der Waals surface area (Å²) in [6, 6.07) is 8.25. The molecule has 5 fully saturated rings. The molecule has 6 rings (SSSR count). The summed E-state index contributed by atoms with van der Waals surface area (Å²) < 4.78 is 32.0. The third-order valence-electron chi connectivity index (χ3n) is 7.80. The zero-order valence-electron chi connectivity index (χ0n) is 17.9. The predicted octanol–water partition coefficient (Wildman–Crippen LogP) is 2.03. The van der Waals surface area contributed by atoms with Crippen molar-refractivity contribution in [3.05, 3.63) is 29.8 Å². The molecule has 4 saturated heterocycles. The minimum absolute atomic E-state index is 0.00136. The van der Waals surface area contributed by atoms with Gasteiger partial charge < -0.3 is 24.8 Å². The van der Waals surface area contributed by atoms with Gasteiger partial charge in [0.05, 0.1) is 12.1 Å². The summed E-state index contributed by atoms with van der Waals surface area (Å²) in [5.74, 6) is -2.26. The number of hydrogen-bond donors (Lipinski definition) is 1. The maximum Gasteiger partial charge on any atom is 0.320 e. The van der Waals surface area contributed by atoms with Gasteiger partial charge in [0.1, 0.15) is 6.61 Å². The van der Waals surface area contributed by atoms with E-state index in [1.165, 1.54) is 5.56 Å². The first-order valence-corrected chi connectivity index (χ1v) is 11.5. The lowest BCUT2D eigenvalue weighted by atomic mass is 9.61. The Hall–Kier alpha value is -2.42. The molecule has 4 aliphatic heterocycles. The maximum absolute atomic E-state index is 13.2. The van der Waals surface area contributed by atoms with Crippen molar-refractivity contribution in [3.63, 3.8) is 0 Å². The number of carbonyl (C=O) groups is 2. The second kappa shape index (κ2) is 7.04. The number of urea groups is 1. The van der Waals surface area contributed by atoms with Crippen LogP contribution in [-0.2, 0) is 9.53 Å². The number of nitrogens with zero attached hydrogens (tertiary/aromatic N) is 3. The number of hydrogen-bond acceptors (Lipinski definition) is 4. The third-order valence-corrected chi connectivity index (χ3v) is 7.80. The van der Waals surface area contributed by atoms with Crippen molar-refractivity contribution in [1.82, 2.24) is 15.1 Å². The van der Waals surface area contributed by atoms with Crippen molar-refractivity contribution in [2.75, 3.05) is 50.8 Å². The lowest BCUT2D eigenvalue weighted by molar-refractivity contribution is -0.170. The molecule has 4 heterocycles. The average Bonchev–Trinajstić information content (AvgIpc) is 2.69. The van der Waals surface area contributed by atoms with Gasteiger partial charge in [-0.15, -0.1) is 0 Å². The lowest BCUT2D eigenvalue weighted by Gasteiger charge is -2.59. The topological polar surface area (TPSA) is 65.1 Å². The molecule has 1 aromatic carbocycles. The molecule has 9 heteroatoms.